The van der Waals surface area contributed by atoms with Gasteiger partial charge >= 0.3 is 0 Å². The van der Waals surface area contributed by atoms with Gasteiger partial charge in [-0.2, -0.15) is 0 Å². The number of carbonyl (C=O) groups is 2. The van der Waals surface area contributed by atoms with E-state index in [0.717, 1.165) is 5.01 Å². The number of piperazine rings is 1. The summed E-state index contributed by atoms with van der Waals surface area (Å²) >= 11 is 1.44. The summed E-state index contributed by atoms with van der Waals surface area (Å²) in [5.41, 5.74) is 0.517. The third-order valence-corrected chi connectivity index (χ3v) is 4.57. The molecule has 1 fully saturated rings. The Labute approximate surface area is 137 Å². The first kappa shape index (κ1) is 15.6. The lowest BCUT2D eigenvalue weighted by atomic mass is 10.1. The van der Waals surface area contributed by atoms with E-state index in [0.29, 0.717) is 31.9 Å². The van der Waals surface area contributed by atoms with E-state index in [9.17, 15) is 14.0 Å². The van der Waals surface area contributed by atoms with Gasteiger partial charge < -0.3 is 9.80 Å². The molecule has 0 unspecified atom stereocenters. The molecule has 0 spiro atoms. The molecule has 1 saturated heterocycles. The number of benzene rings is 1. The van der Waals surface area contributed by atoms with Crippen LogP contribution in [0.1, 0.15) is 25.9 Å². The molecule has 0 aliphatic carbocycles. The summed E-state index contributed by atoms with van der Waals surface area (Å²) < 4.78 is 13.7. The Hall–Kier alpha value is -2.28. The highest BCUT2D eigenvalue weighted by Crippen LogP contribution is 2.15. The molecule has 0 atom stereocenters. The third-order valence-electron chi connectivity index (χ3n) is 3.80. The maximum atomic E-state index is 13.7. The Morgan fingerprint density at radius 1 is 1.09 bits per heavy atom. The van der Waals surface area contributed by atoms with Crippen LogP contribution in [0.5, 0.6) is 0 Å². The fraction of sp³-hybridized carbons (Fsp3) is 0.312. The van der Waals surface area contributed by atoms with Crippen LogP contribution < -0.4 is 0 Å². The van der Waals surface area contributed by atoms with Gasteiger partial charge in [-0.3, -0.25) is 9.59 Å². The number of hydrogen-bond acceptors (Lipinski definition) is 4. The van der Waals surface area contributed by atoms with Crippen molar-refractivity contribution in [1.82, 2.24) is 14.8 Å². The molecule has 1 aliphatic rings. The number of aryl methyl sites for hydroxylation is 1. The lowest BCUT2D eigenvalue weighted by molar-refractivity contribution is 0.0530. The maximum absolute atomic E-state index is 13.7. The quantitative estimate of drug-likeness (QED) is 0.846. The van der Waals surface area contributed by atoms with Crippen LogP contribution in [-0.4, -0.2) is 52.8 Å². The second-order valence-electron chi connectivity index (χ2n) is 5.32. The Balaban J connectivity index is 1.63. The minimum absolute atomic E-state index is 0.0717. The van der Waals surface area contributed by atoms with Crippen LogP contribution in [0, 0.1) is 12.7 Å². The van der Waals surface area contributed by atoms with E-state index >= 15 is 0 Å². The smallest absolute Gasteiger partial charge is 0.273 e. The molecule has 2 amide bonds. The summed E-state index contributed by atoms with van der Waals surface area (Å²) in [4.78, 5) is 32.1. The molecular formula is C16H16FN3O2S. The van der Waals surface area contributed by atoms with Crippen molar-refractivity contribution >= 4 is 23.2 Å². The normalized spacial score (nSPS) is 14.9. The van der Waals surface area contributed by atoms with Gasteiger partial charge in [-0.15, -0.1) is 11.3 Å². The summed E-state index contributed by atoms with van der Waals surface area (Å²) in [6, 6.07) is 5.95. The summed E-state index contributed by atoms with van der Waals surface area (Å²) in [7, 11) is 0. The van der Waals surface area contributed by atoms with Gasteiger partial charge in [0, 0.05) is 31.6 Å². The number of carbonyl (C=O) groups excluding carboxylic acids is 2. The van der Waals surface area contributed by atoms with Gasteiger partial charge in [0.05, 0.1) is 10.6 Å². The number of hydrogen-bond donors (Lipinski definition) is 0. The predicted molar refractivity (Wildman–Crippen MR) is 85.1 cm³/mol. The molecule has 0 N–H and O–H groups in total. The molecule has 1 aromatic heterocycles. The lowest BCUT2D eigenvalue weighted by Crippen LogP contribution is -2.50. The fourth-order valence-electron chi connectivity index (χ4n) is 2.54. The lowest BCUT2D eigenvalue weighted by Gasteiger charge is -2.34. The molecule has 5 nitrogen and oxygen atoms in total. The van der Waals surface area contributed by atoms with Crippen molar-refractivity contribution < 1.29 is 14.0 Å². The zero-order valence-corrected chi connectivity index (χ0v) is 13.5. The molecule has 0 radical (unpaired) electrons. The second-order valence-corrected chi connectivity index (χ2v) is 6.38. The molecule has 23 heavy (non-hydrogen) atoms. The molecule has 1 aliphatic heterocycles. The van der Waals surface area contributed by atoms with Crippen molar-refractivity contribution in [3.05, 3.63) is 51.7 Å². The van der Waals surface area contributed by atoms with Crippen LogP contribution in [-0.2, 0) is 0 Å². The van der Waals surface area contributed by atoms with Gasteiger partial charge in [0.1, 0.15) is 11.5 Å². The van der Waals surface area contributed by atoms with Crippen LogP contribution in [0.4, 0.5) is 4.39 Å². The summed E-state index contributed by atoms with van der Waals surface area (Å²) in [6.07, 6.45) is 0. The number of halogens is 1. The molecule has 2 aromatic rings. The zero-order valence-electron chi connectivity index (χ0n) is 12.7. The highest BCUT2D eigenvalue weighted by Gasteiger charge is 2.27. The maximum Gasteiger partial charge on any atom is 0.273 e. The van der Waals surface area contributed by atoms with E-state index < -0.39 is 5.82 Å². The van der Waals surface area contributed by atoms with E-state index in [1.807, 2.05) is 6.92 Å². The van der Waals surface area contributed by atoms with Crippen LogP contribution in [0.15, 0.2) is 29.6 Å². The number of aromatic nitrogens is 1. The molecule has 1 aromatic carbocycles. The molecule has 0 saturated carbocycles. The van der Waals surface area contributed by atoms with Gasteiger partial charge in [-0.05, 0) is 19.1 Å². The van der Waals surface area contributed by atoms with E-state index in [4.69, 9.17) is 0 Å². The minimum atomic E-state index is -0.519. The highest BCUT2D eigenvalue weighted by atomic mass is 32.1. The van der Waals surface area contributed by atoms with Gasteiger partial charge in [0.15, 0.2) is 0 Å². The average Bonchev–Trinajstić information content (AvgIpc) is 3.01. The molecule has 2 heterocycles. The van der Waals surface area contributed by atoms with Gasteiger partial charge in [0.25, 0.3) is 11.8 Å². The molecular weight excluding hydrogens is 317 g/mol. The van der Waals surface area contributed by atoms with E-state index in [-0.39, 0.29) is 17.4 Å². The molecule has 3 rings (SSSR count). The molecule has 120 valence electrons. The van der Waals surface area contributed by atoms with Crippen LogP contribution in [0.25, 0.3) is 0 Å². The van der Waals surface area contributed by atoms with Crippen molar-refractivity contribution in [2.24, 2.45) is 0 Å². The second kappa shape index (κ2) is 6.45. The Bertz CT molecular complexity index is 738. The number of nitrogens with zero attached hydrogens (tertiary/aromatic N) is 3. The summed E-state index contributed by atoms with van der Waals surface area (Å²) in [5.74, 6) is -0.971. The number of amides is 2. The number of rotatable bonds is 2. The van der Waals surface area contributed by atoms with E-state index in [2.05, 4.69) is 4.98 Å². The van der Waals surface area contributed by atoms with Crippen molar-refractivity contribution in [2.75, 3.05) is 26.2 Å². The van der Waals surface area contributed by atoms with Crippen molar-refractivity contribution in [3.8, 4) is 0 Å². The van der Waals surface area contributed by atoms with Gasteiger partial charge in [0.2, 0.25) is 0 Å². The summed E-state index contributed by atoms with van der Waals surface area (Å²) in [5, 5.41) is 2.59. The third kappa shape index (κ3) is 3.24. The summed E-state index contributed by atoms with van der Waals surface area (Å²) in [6.45, 7) is 3.49. The Morgan fingerprint density at radius 3 is 2.26 bits per heavy atom. The van der Waals surface area contributed by atoms with E-state index in [1.54, 1.807) is 27.3 Å². The van der Waals surface area contributed by atoms with Crippen LogP contribution in [0.2, 0.25) is 0 Å². The highest BCUT2D eigenvalue weighted by molar-refractivity contribution is 7.09. The largest absolute Gasteiger partial charge is 0.335 e. The topological polar surface area (TPSA) is 53.5 Å². The zero-order chi connectivity index (χ0) is 16.4. The Kier molecular flexibility index (Phi) is 4.38. The molecule has 7 heteroatoms. The SMILES string of the molecule is Cc1nc(C(=O)N2CCN(C(=O)c3ccccc3F)CC2)cs1. The van der Waals surface area contributed by atoms with Gasteiger partial charge in [-0.1, -0.05) is 12.1 Å². The first-order chi connectivity index (χ1) is 11.1. The van der Waals surface area contributed by atoms with Gasteiger partial charge in [-0.25, -0.2) is 9.37 Å². The predicted octanol–water partition coefficient (Wildman–Crippen LogP) is 2.19. The number of thiazole rings is 1. The minimum Gasteiger partial charge on any atom is -0.335 e. The first-order valence-corrected chi connectivity index (χ1v) is 8.19. The molecule has 0 bridgehead atoms. The van der Waals surface area contributed by atoms with Crippen molar-refractivity contribution in [1.29, 1.82) is 0 Å². The van der Waals surface area contributed by atoms with E-state index in [1.165, 1.54) is 23.5 Å². The monoisotopic (exact) mass is 333 g/mol. The first-order valence-electron chi connectivity index (χ1n) is 7.31. The average molecular weight is 333 g/mol. The Morgan fingerprint density at radius 2 is 1.70 bits per heavy atom. The standard InChI is InChI=1S/C16H16FN3O2S/c1-11-18-14(10-23-11)16(22)20-8-6-19(7-9-20)15(21)12-4-2-3-5-13(12)17/h2-5,10H,6-9H2,1H3. The van der Waals surface area contributed by atoms with Crippen molar-refractivity contribution in [2.45, 2.75) is 6.92 Å². The van der Waals surface area contributed by atoms with Crippen molar-refractivity contribution in [3.63, 3.8) is 0 Å². The fourth-order valence-corrected chi connectivity index (χ4v) is 3.13. The van der Waals surface area contributed by atoms with Crippen LogP contribution >= 0.6 is 11.3 Å². The van der Waals surface area contributed by atoms with Crippen LogP contribution in [0.3, 0.4) is 0 Å².